The Morgan fingerprint density at radius 1 is 1.08 bits per heavy atom. The highest BCUT2D eigenvalue weighted by Gasteiger charge is 2.40. The van der Waals surface area contributed by atoms with Gasteiger partial charge in [-0.2, -0.15) is 0 Å². The van der Waals surface area contributed by atoms with Gasteiger partial charge in [0.05, 0.1) is 11.9 Å². The van der Waals surface area contributed by atoms with E-state index in [-0.39, 0.29) is 5.41 Å². The van der Waals surface area contributed by atoms with Crippen molar-refractivity contribution in [3.05, 3.63) is 35.9 Å². The van der Waals surface area contributed by atoms with E-state index in [0.717, 1.165) is 61.1 Å². The van der Waals surface area contributed by atoms with Crippen LogP contribution in [0.5, 0.6) is 0 Å². The molecule has 140 valence electrons. The summed E-state index contributed by atoms with van der Waals surface area (Å²) in [5.74, 6) is 4.31. The van der Waals surface area contributed by atoms with Gasteiger partial charge in [-0.15, -0.1) is 0 Å². The average molecular weight is 355 g/mol. The van der Waals surface area contributed by atoms with E-state index >= 15 is 0 Å². The summed E-state index contributed by atoms with van der Waals surface area (Å²) in [7, 11) is 0. The highest BCUT2D eigenvalue weighted by molar-refractivity contribution is 5.42. The van der Waals surface area contributed by atoms with Crippen LogP contribution in [-0.2, 0) is 11.8 Å². The second kappa shape index (κ2) is 6.65. The first kappa shape index (κ1) is 17.5. The van der Waals surface area contributed by atoms with Crippen LogP contribution in [-0.4, -0.2) is 52.6 Å². The normalized spacial score (nSPS) is 23.6. The van der Waals surface area contributed by atoms with Gasteiger partial charge < -0.3 is 14.2 Å². The third-order valence-electron chi connectivity index (χ3n) is 5.65. The number of likely N-dealkylation sites (tertiary alicyclic amines) is 1. The molecule has 2 aliphatic rings. The number of anilines is 1. The summed E-state index contributed by atoms with van der Waals surface area (Å²) in [4.78, 5) is 18.2. The SMILES string of the molecule is Cc1ncc(CCN2CC3CN(c4cc(C(C)(C)C)ncn4)CC3C2)o1. The third kappa shape index (κ3) is 3.61. The van der Waals surface area contributed by atoms with Crippen LogP contribution in [0.3, 0.4) is 0 Å². The maximum absolute atomic E-state index is 5.59. The van der Waals surface area contributed by atoms with Crippen LogP contribution in [0, 0.1) is 18.8 Å². The van der Waals surface area contributed by atoms with Crippen molar-refractivity contribution in [2.45, 2.75) is 39.5 Å². The van der Waals surface area contributed by atoms with Crippen molar-refractivity contribution in [1.29, 1.82) is 0 Å². The second-order valence-corrected chi connectivity index (χ2v) is 8.79. The zero-order chi connectivity index (χ0) is 18.3. The van der Waals surface area contributed by atoms with Gasteiger partial charge in [-0.05, 0) is 11.8 Å². The molecule has 6 heteroatoms. The summed E-state index contributed by atoms with van der Waals surface area (Å²) in [5, 5.41) is 0. The first-order valence-corrected chi connectivity index (χ1v) is 9.59. The number of fused-ring (bicyclic) bond motifs is 1. The molecule has 2 saturated heterocycles. The minimum absolute atomic E-state index is 0.0587. The molecule has 2 aliphatic heterocycles. The molecule has 0 spiro atoms. The number of nitrogens with zero attached hydrogens (tertiary/aromatic N) is 5. The molecule has 0 saturated carbocycles. The van der Waals surface area contributed by atoms with E-state index < -0.39 is 0 Å². The van der Waals surface area contributed by atoms with Gasteiger partial charge in [0.1, 0.15) is 17.9 Å². The molecule has 4 heterocycles. The van der Waals surface area contributed by atoms with Crippen molar-refractivity contribution in [2.24, 2.45) is 11.8 Å². The molecule has 2 atom stereocenters. The van der Waals surface area contributed by atoms with E-state index in [0.29, 0.717) is 0 Å². The van der Waals surface area contributed by atoms with Crippen molar-refractivity contribution in [2.75, 3.05) is 37.6 Å². The summed E-state index contributed by atoms with van der Waals surface area (Å²) in [6.45, 7) is 14.1. The first-order chi connectivity index (χ1) is 12.4. The maximum Gasteiger partial charge on any atom is 0.191 e. The van der Waals surface area contributed by atoms with Crippen molar-refractivity contribution in [3.63, 3.8) is 0 Å². The largest absolute Gasteiger partial charge is 0.446 e. The van der Waals surface area contributed by atoms with E-state index in [4.69, 9.17) is 4.42 Å². The Labute approximate surface area is 155 Å². The van der Waals surface area contributed by atoms with Crippen molar-refractivity contribution < 1.29 is 4.42 Å². The molecule has 6 nitrogen and oxygen atoms in total. The molecular weight excluding hydrogens is 326 g/mol. The van der Waals surface area contributed by atoms with Crippen molar-refractivity contribution in [1.82, 2.24) is 19.9 Å². The van der Waals surface area contributed by atoms with E-state index in [9.17, 15) is 0 Å². The molecule has 2 aromatic heterocycles. The molecule has 2 fully saturated rings. The van der Waals surface area contributed by atoms with Gasteiger partial charge >= 0.3 is 0 Å². The van der Waals surface area contributed by atoms with Crippen LogP contribution in [0.15, 0.2) is 23.0 Å². The molecule has 0 bridgehead atoms. The lowest BCUT2D eigenvalue weighted by atomic mass is 9.92. The summed E-state index contributed by atoms with van der Waals surface area (Å²) in [6.07, 6.45) is 4.52. The second-order valence-electron chi connectivity index (χ2n) is 8.79. The Kier molecular flexibility index (Phi) is 4.47. The zero-order valence-electron chi connectivity index (χ0n) is 16.3. The van der Waals surface area contributed by atoms with Gasteiger partial charge in [0.15, 0.2) is 5.89 Å². The lowest BCUT2D eigenvalue weighted by Gasteiger charge is -2.24. The predicted octanol–water partition coefficient (Wildman–Crippen LogP) is 2.68. The Balaban J connectivity index is 1.33. The first-order valence-electron chi connectivity index (χ1n) is 9.59. The fourth-order valence-corrected chi connectivity index (χ4v) is 4.18. The Bertz CT molecular complexity index is 752. The molecule has 0 radical (unpaired) electrons. The minimum atomic E-state index is 0.0587. The van der Waals surface area contributed by atoms with Gasteiger partial charge in [-0.1, -0.05) is 20.8 Å². The van der Waals surface area contributed by atoms with Crippen LogP contribution in [0.2, 0.25) is 0 Å². The number of oxazole rings is 1. The molecule has 0 amide bonds. The standard InChI is InChI=1S/C20H29N5O/c1-14-21-8-17(26-14)5-6-24-9-15-11-25(12-16(15)10-24)19-7-18(20(2,3)4)22-13-23-19/h7-8,13,15-16H,5-6,9-12H2,1-4H3. The Morgan fingerprint density at radius 2 is 1.81 bits per heavy atom. The van der Waals surface area contributed by atoms with Gasteiger partial charge in [-0.25, -0.2) is 15.0 Å². The molecule has 0 aromatic carbocycles. The van der Waals surface area contributed by atoms with Crippen LogP contribution >= 0.6 is 0 Å². The minimum Gasteiger partial charge on any atom is -0.446 e. The lowest BCUT2D eigenvalue weighted by molar-refractivity contribution is 0.309. The van der Waals surface area contributed by atoms with Crippen LogP contribution in [0.4, 0.5) is 5.82 Å². The molecule has 2 unspecified atom stereocenters. The maximum atomic E-state index is 5.59. The van der Waals surface area contributed by atoms with E-state index in [1.165, 1.54) is 13.1 Å². The molecule has 0 aliphatic carbocycles. The van der Waals surface area contributed by atoms with Crippen LogP contribution in [0.25, 0.3) is 0 Å². The topological polar surface area (TPSA) is 58.3 Å². The zero-order valence-corrected chi connectivity index (χ0v) is 16.3. The smallest absolute Gasteiger partial charge is 0.191 e. The van der Waals surface area contributed by atoms with Gasteiger partial charge in [0.25, 0.3) is 0 Å². The quantitative estimate of drug-likeness (QED) is 0.840. The summed E-state index contributed by atoms with van der Waals surface area (Å²) >= 11 is 0. The summed E-state index contributed by atoms with van der Waals surface area (Å²) in [5.41, 5.74) is 1.17. The Hall–Kier alpha value is -1.95. The number of rotatable bonds is 4. The average Bonchev–Trinajstić information content (AvgIpc) is 3.26. The lowest BCUT2D eigenvalue weighted by Crippen LogP contribution is -2.30. The highest BCUT2D eigenvalue weighted by Crippen LogP contribution is 2.34. The molecular formula is C20H29N5O. The number of aryl methyl sites for hydroxylation is 1. The Morgan fingerprint density at radius 3 is 2.42 bits per heavy atom. The fourth-order valence-electron chi connectivity index (χ4n) is 4.18. The fraction of sp³-hybridized carbons (Fsp3) is 0.650. The molecule has 4 rings (SSSR count). The van der Waals surface area contributed by atoms with E-state index in [1.807, 2.05) is 13.1 Å². The van der Waals surface area contributed by atoms with E-state index in [1.54, 1.807) is 6.33 Å². The number of hydrogen-bond donors (Lipinski definition) is 0. The molecule has 2 aromatic rings. The van der Waals surface area contributed by atoms with Crippen LogP contribution < -0.4 is 4.90 Å². The van der Waals surface area contributed by atoms with Gasteiger partial charge in [-0.3, -0.25) is 0 Å². The number of aromatic nitrogens is 3. The number of hydrogen-bond acceptors (Lipinski definition) is 6. The van der Waals surface area contributed by atoms with Crippen molar-refractivity contribution >= 4 is 5.82 Å². The molecule has 26 heavy (non-hydrogen) atoms. The monoisotopic (exact) mass is 355 g/mol. The van der Waals surface area contributed by atoms with Crippen molar-refractivity contribution in [3.8, 4) is 0 Å². The predicted molar refractivity (Wildman–Crippen MR) is 101 cm³/mol. The van der Waals surface area contributed by atoms with Gasteiger partial charge in [0.2, 0.25) is 0 Å². The third-order valence-corrected chi connectivity index (χ3v) is 5.65. The van der Waals surface area contributed by atoms with Crippen LogP contribution in [0.1, 0.15) is 38.1 Å². The summed E-state index contributed by atoms with van der Waals surface area (Å²) < 4.78 is 5.59. The summed E-state index contributed by atoms with van der Waals surface area (Å²) in [6, 6.07) is 2.17. The highest BCUT2D eigenvalue weighted by atomic mass is 16.3. The van der Waals surface area contributed by atoms with Gasteiger partial charge in [0, 0.05) is 57.5 Å². The van der Waals surface area contributed by atoms with E-state index in [2.05, 4.69) is 51.6 Å². The molecule has 0 N–H and O–H groups in total.